The molecule has 0 saturated heterocycles. The van der Waals surface area contributed by atoms with Gasteiger partial charge >= 0.3 is 0 Å². The topological polar surface area (TPSA) is 0 Å². The molecule has 0 aromatic carbocycles. The van der Waals surface area contributed by atoms with Crippen LogP contribution in [0.15, 0.2) is 0 Å². The molecule has 0 saturated carbocycles. The van der Waals surface area contributed by atoms with Crippen molar-refractivity contribution in [3.05, 3.63) is 21.6 Å². The molecule has 1 rings (SSSR count). The normalized spacial score (nSPS) is 12.2. The molecule has 0 spiro atoms. The highest BCUT2D eigenvalue weighted by Gasteiger charge is 2.26. The molecule has 0 aliphatic carbocycles. The van der Waals surface area contributed by atoms with Crippen LogP contribution in [0.25, 0.3) is 0 Å². The fourth-order valence-electron chi connectivity index (χ4n) is 0.848. The van der Waals surface area contributed by atoms with Crippen molar-refractivity contribution in [1.82, 2.24) is 0 Å². The molecule has 1 aromatic rings. The van der Waals surface area contributed by atoms with Gasteiger partial charge in [0, 0.05) is 0 Å². The van der Waals surface area contributed by atoms with Crippen LogP contribution in [0.2, 0.25) is 0 Å². The minimum Gasteiger partial charge on any atom is -0.202 e. The lowest BCUT2D eigenvalue weighted by atomic mass is 9.94. The van der Waals surface area contributed by atoms with Gasteiger partial charge in [-0.2, -0.15) is 8.78 Å². The Morgan fingerprint density at radius 1 is 1.00 bits per heavy atom. The van der Waals surface area contributed by atoms with Crippen LogP contribution in [0, 0.1) is 16.8 Å². The van der Waals surface area contributed by atoms with Gasteiger partial charge in [-0.3, -0.25) is 0 Å². The largest absolute Gasteiger partial charge is 0.215 e. The molecule has 12 heavy (non-hydrogen) atoms. The number of rotatable bonds is 0. The molecule has 0 radical (unpaired) electrons. The van der Waals surface area contributed by atoms with Crippen LogP contribution in [0.1, 0.15) is 25.6 Å². The van der Waals surface area contributed by atoms with Gasteiger partial charge in [0.1, 0.15) is 0 Å². The molecule has 0 bridgehead atoms. The molecule has 1 heterocycles. The number of thiophene rings is 1. The first-order valence-corrected chi connectivity index (χ1v) is 4.29. The minimum atomic E-state index is -1.36. The summed E-state index contributed by atoms with van der Waals surface area (Å²) in [5.74, 6) is -2.41. The van der Waals surface area contributed by atoms with Crippen LogP contribution >= 0.6 is 11.3 Å². The van der Waals surface area contributed by atoms with Crippen LogP contribution in [-0.4, -0.2) is 0 Å². The van der Waals surface area contributed by atoms with Crippen molar-refractivity contribution in [3.63, 3.8) is 0 Å². The van der Waals surface area contributed by atoms with Gasteiger partial charge in [-0.15, -0.1) is 11.3 Å². The highest BCUT2D eigenvalue weighted by atomic mass is 32.1. The lowest BCUT2D eigenvalue weighted by molar-refractivity contribution is 0.450. The van der Waals surface area contributed by atoms with E-state index in [-0.39, 0.29) is 4.88 Å². The van der Waals surface area contributed by atoms with E-state index in [0.717, 1.165) is 0 Å². The lowest BCUT2D eigenvalue weighted by Crippen LogP contribution is -2.10. The van der Waals surface area contributed by atoms with E-state index < -0.39 is 22.2 Å². The van der Waals surface area contributed by atoms with Crippen LogP contribution < -0.4 is 0 Å². The van der Waals surface area contributed by atoms with Crippen molar-refractivity contribution in [2.75, 3.05) is 0 Å². The van der Waals surface area contributed by atoms with E-state index in [9.17, 15) is 13.2 Å². The SMILES string of the molecule is CC(C)(C)c1sc(F)c(F)c1F. The van der Waals surface area contributed by atoms with Crippen LogP contribution in [0.5, 0.6) is 0 Å². The van der Waals surface area contributed by atoms with Crippen LogP contribution in [0.4, 0.5) is 13.2 Å². The van der Waals surface area contributed by atoms with Crippen molar-refractivity contribution >= 4 is 11.3 Å². The van der Waals surface area contributed by atoms with Crippen molar-refractivity contribution in [2.24, 2.45) is 0 Å². The smallest absolute Gasteiger partial charge is 0.202 e. The number of hydrogen-bond donors (Lipinski definition) is 0. The quantitative estimate of drug-likeness (QED) is 0.593. The summed E-state index contributed by atoms with van der Waals surface area (Å²) in [5, 5.41) is -1.07. The van der Waals surface area contributed by atoms with E-state index in [1.165, 1.54) is 0 Å². The zero-order valence-electron chi connectivity index (χ0n) is 7.04. The second-order valence-electron chi connectivity index (χ2n) is 3.58. The van der Waals surface area contributed by atoms with Crippen molar-refractivity contribution in [3.8, 4) is 0 Å². The second-order valence-corrected chi connectivity index (χ2v) is 4.55. The van der Waals surface area contributed by atoms with Gasteiger partial charge in [0.05, 0.1) is 4.88 Å². The maximum absolute atomic E-state index is 12.9. The Kier molecular flexibility index (Phi) is 2.21. The highest BCUT2D eigenvalue weighted by Crippen LogP contribution is 2.33. The van der Waals surface area contributed by atoms with Crippen molar-refractivity contribution < 1.29 is 13.2 Å². The Morgan fingerprint density at radius 3 is 1.67 bits per heavy atom. The highest BCUT2D eigenvalue weighted by molar-refractivity contribution is 7.10. The van der Waals surface area contributed by atoms with Gasteiger partial charge in [-0.1, -0.05) is 20.8 Å². The molecule has 68 valence electrons. The standard InChI is InChI=1S/C8H9F3S/c1-8(2,3)6-4(9)5(10)7(11)12-6/h1-3H3. The minimum absolute atomic E-state index is 0.123. The summed E-state index contributed by atoms with van der Waals surface area (Å²) in [6, 6.07) is 0. The van der Waals surface area contributed by atoms with Gasteiger partial charge in [0.15, 0.2) is 5.82 Å². The molecule has 0 atom stereocenters. The predicted octanol–water partition coefficient (Wildman–Crippen LogP) is 3.46. The Hall–Kier alpha value is -0.510. The summed E-state index contributed by atoms with van der Waals surface area (Å²) < 4.78 is 38.0. The summed E-state index contributed by atoms with van der Waals surface area (Å²) in [6.07, 6.45) is 0. The molecule has 1 aromatic heterocycles. The maximum Gasteiger partial charge on any atom is 0.215 e. The lowest BCUT2D eigenvalue weighted by Gasteiger charge is -2.15. The van der Waals surface area contributed by atoms with E-state index in [4.69, 9.17) is 0 Å². The van der Waals surface area contributed by atoms with Crippen molar-refractivity contribution in [2.45, 2.75) is 26.2 Å². The van der Waals surface area contributed by atoms with E-state index in [2.05, 4.69) is 0 Å². The number of halogens is 3. The molecule has 0 aliphatic rings. The Bertz CT molecular complexity index is 296. The van der Waals surface area contributed by atoms with Crippen molar-refractivity contribution in [1.29, 1.82) is 0 Å². The third kappa shape index (κ3) is 1.48. The number of hydrogen-bond acceptors (Lipinski definition) is 1. The fourth-order valence-corrected chi connectivity index (χ4v) is 1.69. The molecule has 0 amide bonds. The fraction of sp³-hybridized carbons (Fsp3) is 0.500. The molecular formula is C8H9F3S. The van der Waals surface area contributed by atoms with Gasteiger partial charge < -0.3 is 0 Å². The van der Waals surface area contributed by atoms with Gasteiger partial charge in [0.2, 0.25) is 10.9 Å². The average molecular weight is 194 g/mol. The molecular weight excluding hydrogens is 185 g/mol. The Labute approximate surface area is 73.0 Å². The van der Waals surface area contributed by atoms with E-state index in [0.29, 0.717) is 11.3 Å². The van der Waals surface area contributed by atoms with E-state index in [1.54, 1.807) is 20.8 Å². The molecule has 0 fully saturated rings. The zero-order chi connectivity index (χ0) is 9.52. The molecule has 4 heteroatoms. The maximum atomic E-state index is 12.9. The monoisotopic (exact) mass is 194 g/mol. The molecule has 0 aliphatic heterocycles. The molecule has 0 unspecified atom stereocenters. The Balaban J connectivity index is 3.28. The second kappa shape index (κ2) is 2.76. The summed E-state index contributed by atoms with van der Waals surface area (Å²) in [4.78, 5) is 0.123. The van der Waals surface area contributed by atoms with Crippen LogP contribution in [0.3, 0.4) is 0 Å². The van der Waals surface area contributed by atoms with E-state index >= 15 is 0 Å². The first-order valence-electron chi connectivity index (χ1n) is 3.48. The summed E-state index contributed by atoms with van der Waals surface area (Å²) in [5.41, 5.74) is -0.542. The summed E-state index contributed by atoms with van der Waals surface area (Å²) in [6.45, 7) is 5.13. The van der Waals surface area contributed by atoms with E-state index in [1.807, 2.05) is 0 Å². The zero-order valence-corrected chi connectivity index (χ0v) is 7.86. The van der Waals surface area contributed by atoms with Crippen LogP contribution in [-0.2, 0) is 5.41 Å². The first-order chi connectivity index (χ1) is 5.34. The predicted molar refractivity (Wildman–Crippen MR) is 42.9 cm³/mol. The van der Waals surface area contributed by atoms with Gasteiger partial charge in [-0.25, -0.2) is 4.39 Å². The third-order valence-electron chi connectivity index (χ3n) is 1.44. The first kappa shape index (κ1) is 9.58. The molecule has 0 N–H and O–H groups in total. The molecule has 0 nitrogen and oxygen atoms in total. The average Bonchev–Trinajstić information content (AvgIpc) is 2.15. The third-order valence-corrected chi connectivity index (χ3v) is 2.79. The Morgan fingerprint density at radius 2 is 1.50 bits per heavy atom. The summed E-state index contributed by atoms with van der Waals surface area (Å²) in [7, 11) is 0. The van der Waals surface area contributed by atoms with Gasteiger partial charge in [-0.05, 0) is 5.41 Å². The van der Waals surface area contributed by atoms with Gasteiger partial charge in [0.25, 0.3) is 0 Å². The summed E-state index contributed by atoms with van der Waals surface area (Å²) >= 11 is 0.531.